The summed E-state index contributed by atoms with van der Waals surface area (Å²) in [5.74, 6) is -2.63. The zero-order chi connectivity index (χ0) is 20.0. The number of carbonyl (C=O) groups excluding carboxylic acids is 1. The van der Waals surface area contributed by atoms with Gasteiger partial charge in [-0.05, 0) is 30.7 Å². The van der Waals surface area contributed by atoms with Gasteiger partial charge >= 0.3 is 11.9 Å². The van der Waals surface area contributed by atoms with Crippen molar-refractivity contribution in [1.82, 2.24) is 9.97 Å². The number of primary amides is 1. The fourth-order valence-electron chi connectivity index (χ4n) is 2.24. The Kier molecular flexibility index (Phi) is 6.34. The second-order valence-corrected chi connectivity index (χ2v) is 5.64. The number of para-hydroxylation sites is 3. The molecule has 1 amide bonds. The first-order chi connectivity index (χ1) is 12.8. The van der Waals surface area contributed by atoms with Gasteiger partial charge in [0.05, 0.1) is 22.1 Å². The lowest BCUT2D eigenvalue weighted by atomic mass is 10.1. The van der Waals surface area contributed by atoms with Crippen molar-refractivity contribution in [3.05, 3.63) is 48.0 Å². The maximum atomic E-state index is 11.1. The molecule has 27 heavy (non-hydrogen) atoms. The van der Waals surface area contributed by atoms with Crippen LogP contribution in [0.3, 0.4) is 0 Å². The topological polar surface area (TPSA) is 169 Å². The number of aromatic carboxylic acids is 1. The van der Waals surface area contributed by atoms with Gasteiger partial charge in [-0.2, -0.15) is 0 Å². The van der Waals surface area contributed by atoms with Gasteiger partial charge in [0, 0.05) is 6.42 Å². The number of hydrogen-bond donors (Lipinski definition) is 4. The first-order valence-electron chi connectivity index (χ1n) is 7.95. The number of aliphatic carboxylic acids is 1. The summed E-state index contributed by atoms with van der Waals surface area (Å²) in [5, 5.41) is 17.3. The first-order valence-corrected chi connectivity index (χ1v) is 7.95. The molecule has 0 saturated heterocycles. The van der Waals surface area contributed by atoms with Crippen LogP contribution in [0, 0.1) is 0 Å². The normalized spacial score (nSPS) is 11.4. The number of nitrogens with zero attached hydrogens (tertiary/aromatic N) is 2. The number of fused-ring (bicyclic) bond motifs is 2. The van der Waals surface area contributed by atoms with Gasteiger partial charge in [-0.25, -0.2) is 14.8 Å². The van der Waals surface area contributed by atoms with E-state index in [1.165, 1.54) is 6.07 Å². The summed E-state index contributed by atoms with van der Waals surface area (Å²) in [6.07, 6.45) is 0.123. The summed E-state index contributed by atoms with van der Waals surface area (Å²) in [6.45, 7) is 0. The largest absolute Gasteiger partial charge is 0.480 e. The van der Waals surface area contributed by atoms with E-state index in [0.29, 0.717) is 16.6 Å². The second-order valence-electron chi connectivity index (χ2n) is 5.64. The van der Waals surface area contributed by atoms with Crippen LogP contribution in [0.1, 0.15) is 23.2 Å². The van der Waals surface area contributed by atoms with E-state index in [1.54, 1.807) is 12.1 Å². The van der Waals surface area contributed by atoms with Gasteiger partial charge in [-0.15, -0.1) is 0 Å². The molecule has 3 aromatic rings. The van der Waals surface area contributed by atoms with Gasteiger partial charge in [0.25, 0.3) is 0 Å². The number of amides is 1. The number of carbonyl (C=O) groups is 3. The van der Waals surface area contributed by atoms with E-state index in [1.807, 2.05) is 24.3 Å². The maximum Gasteiger partial charge on any atom is 0.337 e. The lowest BCUT2D eigenvalue weighted by Gasteiger charge is -2.03. The van der Waals surface area contributed by atoms with Crippen LogP contribution in [0.5, 0.6) is 0 Å². The Hall–Kier alpha value is -3.59. The Morgan fingerprint density at radius 2 is 1.52 bits per heavy atom. The highest BCUT2D eigenvalue weighted by Crippen LogP contribution is 2.19. The Labute approximate surface area is 153 Å². The zero-order valence-corrected chi connectivity index (χ0v) is 14.2. The van der Waals surface area contributed by atoms with Crippen LogP contribution < -0.4 is 11.5 Å². The molecule has 140 valence electrons. The average Bonchev–Trinajstić information content (AvgIpc) is 2.64. The highest BCUT2D eigenvalue weighted by molar-refractivity contribution is 6.02. The predicted octanol–water partition coefficient (Wildman–Crippen LogP) is 1.15. The van der Waals surface area contributed by atoms with E-state index in [-0.39, 0.29) is 18.4 Å². The molecule has 3 rings (SSSR count). The molecule has 0 aliphatic heterocycles. The van der Waals surface area contributed by atoms with Crippen LogP contribution in [0.25, 0.3) is 22.1 Å². The number of hydrogen-bond acceptors (Lipinski definition) is 6. The number of nitrogens with two attached hydrogens (primary N) is 2. The molecule has 0 unspecified atom stereocenters. The van der Waals surface area contributed by atoms with Crippen molar-refractivity contribution in [3.8, 4) is 0 Å². The minimum atomic E-state index is -1.11. The van der Waals surface area contributed by atoms with Crippen LogP contribution in [-0.4, -0.2) is 44.1 Å². The summed E-state index contributed by atoms with van der Waals surface area (Å²) >= 11 is 0. The van der Waals surface area contributed by atoms with Gasteiger partial charge in [-0.1, -0.05) is 18.2 Å². The van der Waals surface area contributed by atoms with Gasteiger partial charge in [0.15, 0.2) is 0 Å². The smallest absolute Gasteiger partial charge is 0.337 e. The quantitative estimate of drug-likeness (QED) is 0.484. The summed E-state index contributed by atoms with van der Waals surface area (Å²) < 4.78 is 0. The monoisotopic (exact) mass is 370 g/mol. The molecule has 9 heteroatoms. The Bertz CT molecular complexity index is 1010. The zero-order valence-electron chi connectivity index (χ0n) is 14.2. The third-order valence-electron chi connectivity index (χ3n) is 3.62. The fraction of sp³-hybridized carbons (Fsp3) is 0.167. The highest BCUT2D eigenvalue weighted by atomic mass is 16.4. The molecule has 0 radical (unpaired) electrons. The van der Waals surface area contributed by atoms with Crippen molar-refractivity contribution in [2.24, 2.45) is 11.5 Å². The Balaban J connectivity index is 0.000000227. The van der Waals surface area contributed by atoms with Crippen LogP contribution >= 0.6 is 0 Å². The molecule has 6 N–H and O–H groups in total. The van der Waals surface area contributed by atoms with Gasteiger partial charge in [0.2, 0.25) is 5.91 Å². The number of rotatable bonds is 5. The number of carboxylic acid groups (broad SMARTS) is 2. The standard InChI is InChI=1S/C13H8N2O2.C5H10N2O3/c16-13(17)8-4-3-7-11-12(8)15-10-6-2-1-5-9(10)14-11;6-3(5(9)10)1-2-4(7)8/h1-7H,(H,16,17);3H,1-2,6H2,(H2,7,8)(H,9,10)/t;3-/m.0/s1. The van der Waals surface area contributed by atoms with E-state index in [4.69, 9.17) is 21.7 Å². The molecule has 2 aromatic carbocycles. The Morgan fingerprint density at radius 1 is 0.926 bits per heavy atom. The molecule has 1 atom stereocenters. The summed E-state index contributed by atoms with van der Waals surface area (Å²) in [6, 6.07) is 11.4. The van der Waals surface area contributed by atoms with Crippen molar-refractivity contribution in [3.63, 3.8) is 0 Å². The molecule has 0 bridgehead atoms. The SMILES string of the molecule is NC(=O)CC[C@H](N)C(=O)O.O=C(O)c1cccc2nc3ccccc3nc12. The predicted molar refractivity (Wildman–Crippen MR) is 98.0 cm³/mol. The van der Waals surface area contributed by atoms with E-state index in [2.05, 4.69) is 9.97 Å². The third kappa shape index (κ3) is 5.19. The molecule has 0 spiro atoms. The highest BCUT2D eigenvalue weighted by Gasteiger charge is 2.12. The second kappa shape index (κ2) is 8.68. The van der Waals surface area contributed by atoms with Crippen molar-refractivity contribution in [2.75, 3.05) is 0 Å². The molecule has 0 saturated carbocycles. The average molecular weight is 370 g/mol. The molecule has 0 aliphatic rings. The van der Waals surface area contributed by atoms with Gasteiger partial charge < -0.3 is 21.7 Å². The fourth-order valence-corrected chi connectivity index (χ4v) is 2.24. The Morgan fingerprint density at radius 3 is 2.07 bits per heavy atom. The van der Waals surface area contributed by atoms with E-state index in [0.717, 1.165) is 5.52 Å². The number of carboxylic acids is 2. The van der Waals surface area contributed by atoms with Gasteiger partial charge in [0.1, 0.15) is 11.6 Å². The first kappa shape index (κ1) is 19.7. The molecular weight excluding hydrogens is 352 g/mol. The van der Waals surface area contributed by atoms with E-state index >= 15 is 0 Å². The molecule has 0 fully saturated rings. The van der Waals surface area contributed by atoms with Crippen molar-refractivity contribution in [2.45, 2.75) is 18.9 Å². The van der Waals surface area contributed by atoms with Crippen LogP contribution in [-0.2, 0) is 9.59 Å². The van der Waals surface area contributed by atoms with Crippen LogP contribution in [0.4, 0.5) is 0 Å². The maximum absolute atomic E-state index is 11.1. The summed E-state index contributed by atoms with van der Waals surface area (Å²) in [4.78, 5) is 40.0. The number of benzene rings is 2. The van der Waals surface area contributed by atoms with Crippen LogP contribution in [0.15, 0.2) is 42.5 Å². The van der Waals surface area contributed by atoms with Crippen molar-refractivity contribution < 1.29 is 24.6 Å². The lowest BCUT2D eigenvalue weighted by Crippen LogP contribution is -2.31. The number of aromatic nitrogens is 2. The molecule has 0 aliphatic carbocycles. The van der Waals surface area contributed by atoms with Crippen molar-refractivity contribution >= 4 is 39.9 Å². The summed E-state index contributed by atoms with van der Waals surface area (Å²) in [7, 11) is 0. The van der Waals surface area contributed by atoms with Gasteiger partial charge in [-0.3, -0.25) is 9.59 Å². The third-order valence-corrected chi connectivity index (χ3v) is 3.62. The summed E-state index contributed by atoms with van der Waals surface area (Å²) in [5.41, 5.74) is 12.5. The molecule has 9 nitrogen and oxygen atoms in total. The lowest BCUT2D eigenvalue weighted by molar-refractivity contribution is -0.138. The molecular formula is C18H18N4O5. The van der Waals surface area contributed by atoms with E-state index < -0.39 is 23.9 Å². The molecule has 1 aromatic heterocycles. The minimum Gasteiger partial charge on any atom is -0.480 e. The van der Waals surface area contributed by atoms with Crippen LogP contribution in [0.2, 0.25) is 0 Å². The van der Waals surface area contributed by atoms with Crippen molar-refractivity contribution in [1.29, 1.82) is 0 Å². The molecule has 1 heterocycles. The minimum absolute atomic E-state index is 0.0213. The van der Waals surface area contributed by atoms with E-state index in [9.17, 15) is 14.4 Å².